The van der Waals surface area contributed by atoms with Crippen molar-refractivity contribution in [2.24, 2.45) is 0 Å². The van der Waals surface area contributed by atoms with Crippen molar-refractivity contribution in [3.63, 3.8) is 0 Å². The zero-order valence-electron chi connectivity index (χ0n) is 19.9. The number of benzene rings is 3. The lowest BCUT2D eigenvalue weighted by atomic mass is 9.94. The van der Waals surface area contributed by atoms with Crippen LogP contribution in [0.25, 0.3) is 28.1 Å². The summed E-state index contributed by atoms with van der Waals surface area (Å²) >= 11 is 6.33. The summed E-state index contributed by atoms with van der Waals surface area (Å²) in [5.74, 6) is -0.207. The second-order valence-electron chi connectivity index (χ2n) is 8.81. The summed E-state index contributed by atoms with van der Waals surface area (Å²) in [4.78, 5) is 15.4. The fraction of sp³-hybridized carbons (Fsp3) is 0.214. The molecule has 4 aromatic rings. The van der Waals surface area contributed by atoms with E-state index in [2.05, 4.69) is 5.10 Å². The van der Waals surface area contributed by atoms with E-state index in [9.17, 15) is 18.0 Å². The third kappa shape index (κ3) is 5.12. The summed E-state index contributed by atoms with van der Waals surface area (Å²) in [5, 5.41) is 4.09. The normalized spacial score (nSPS) is 14.1. The SMILES string of the molecule is Cc1cccc(-c2ccc(-c3cc(C(F)(F)F)nn3-c3ccccc3Cl)cc2C(=O)N2CCOCC2)c1. The predicted molar refractivity (Wildman–Crippen MR) is 136 cm³/mol. The third-order valence-corrected chi connectivity index (χ3v) is 6.57. The predicted octanol–water partition coefficient (Wildman–Crippen LogP) is 6.66. The molecule has 0 radical (unpaired) electrons. The molecule has 5 nitrogen and oxygen atoms in total. The number of hydrogen-bond acceptors (Lipinski definition) is 3. The summed E-state index contributed by atoms with van der Waals surface area (Å²) < 4.78 is 47.7. The van der Waals surface area contributed by atoms with Crippen molar-refractivity contribution in [1.82, 2.24) is 14.7 Å². The Morgan fingerprint density at radius 1 is 0.946 bits per heavy atom. The average Bonchev–Trinajstić information content (AvgIpc) is 3.35. The van der Waals surface area contributed by atoms with Crippen molar-refractivity contribution in [3.05, 3.63) is 94.6 Å². The third-order valence-electron chi connectivity index (χ3n) is 6.25. The van der Waals surface area contributed by atoms with Crippen LogP contribution in [0.5, 0.6) is 0 Å². The van der Waals surface area contributed by atoms with Gasteiger partial charge >= 0.3 is 6.18 Å². The van der Waals surface area contributed by atoms with Crippen molar-refractivity contribution < 1.29 is 22.7 Å². The first kappa shape index (κ1) is 25.0. The highest BCUT2D eigenvalue weighted by Crippen LogP contribution is 2.36. The molecule has 0 N–H and O–H groups in total. The smallest absolute Gasteiger partial charge is 0.378 e. The number of hydrogen-bond donors (Lipinski definition) is 0. The van der Waals surface area contributed by atoms with E-state index in [4.69, 9.17) is 16.3 Å². The van der Waals surface area contributed by atoms with Crippen molar-refractivity contribution >= 4 is 17.5 Å². The number of aryl methyl sites for hydroxylation is 1. The fourth-order valence-electron chi connectivity index (χ4n) is 4.41. The molecule has 0 bridgehead atoms. The Morgan fingerprint density at radius 3 is 2.41 bits per heavy atom. The molecule has 1 aliphatic heterocycles. The first-order valence-corrected chi connectivity index (χ1v) is 12.1. The van der Waals surface area contributed by atoms with Gasteiger partial charge in [-0.05, 0) is 42.3 Å². The Labute approximate surface area is 217 Å². The van der Waals surface area contributed by atoms with Crippen molar-refractivity contribution in [2.45, 2.75) is 13.1 Å². The number of carbonyl (C=O) groups is 1. The highest BCUT2D eigenvalue weighted by molar-refractivity contribution is 6.32. The molecule has 1 saturated heterocycles. The Balaban J connectivity index is 1.70. The van der Waals surface area contributed by atoms with E-state index in [1.54, 1.807) is 47.4 Å². The Morgan fingerprint density at radius 2 is 1.70 bits per heavy atom. The van der Waals surface area contributed by atoms with Crippen LogP contribution >= 0.6 is 11.6 Å². The molecule has 5 rings (SSSR count). The molecule has 0 atom stereocenters. The van der Waals surface area contributed by atoms with Crippen LogP contribution in [-0.2, 0) is 10.9 Å². The molecule has 1 aromatic heterocycles. The molecular formula is C28H23ClF3N3O2. The van der Waals surface area contributed by atoms with Gasteiger partial charge in [0.15, 0.2) is 5.69 Å². The summed E-state index contributed by atoms with van der Waals surface area (Å²) in [6.45, 7) is 3.69. The van der Waals surface area contributed by atoms with Crippen LogP contribution in [0.15, 0.2) is 72.8 Å². The van der Waals surface area contributed by atoms with Crippen LogP contribution in [-0.4, -0.2) is 46.9 Å². The van der Waals surface area contributed by atoms with E-state index in [1.165, 1.54) is 4.68 Å². The Kier molecular flexibility index (Phi) is 6.79. The molecule has 0 spiro atoms. The lowest BCUT2D eigenvalue weighted by Crippen LogP contribution is -2.40. The van der Waals surface area contributed by atoms with E-state index in [1.807, 2.05) is 31.2 Å². The van der Waals surface area contributed by atoms with Crippen molar-refractivity contribution in [2.75, 3.05) is 26.3 Å². The topological polar surface area (TPSA) is 47.4 Å². The lowest BCUT2D eigenvalue weighted by Gasteiger charge is -2.28. The molecule has 0 unspecified atom stereocenters. The van der Waals surface area contributed by atoms with E-state index in [0.29, 0.717) is 48.7 Å². The van der Waals surface area contributed by atoms with E-state index >= 15 is 0 Å². The van der Waals surface area contributed by atoms with Crippen LogP contribution in [0, 0.1) is 6.92 Å². The molecule has 3 aromatic carbocycles. The summed E-state index contributed by atoms with van der Waals surface area (Å²) in [7, 11) is 0. The number of morpholine rings is 1. The van der Waals surface area contributed by atoms with Gasteiger partial charge in [0, 0.05) is 24.2 Å². The average molecular weight is 526 g/mol. The van der Waals surface area contributed by atoms with Gasteiger partial charge in [0.1, 0.15) is 0 Å². The van der Waals surface area contributed by atoms with Crippen LogP contribution in [0.2, 0.25) is 5.02 Å². The maximum absolute atomic E-state index is 13.7. The quantitative estimate of drug-likeness (QED) is 0.299. The standard InChI is InChI=1S/C28H23ClF3N3O2/c1-18-5-4-6-19(15-18)21-10-9-20(16-22(21)27(36)34-11-13-37-14-12-34)25-17-26(28(30,31)32)33-35(25)24-8-3-2-7-23(24)29/h2-10,15-17H,11-14H2,1H3. The minimum absolute atomic E-state index is 0.173. The summed E-state index contributed by atoms with van der Waals surface area (Å²) in [6.07, 6.45) is -4.66. The Bertz CT molecular complexity index is 1460. The Hall–Kier alpha value is -3.62. The number of aromatic nitrogens is 2. The number of rotatable bonds is 4. The van der Waals surface area contributed by atoms with Crippen molar-refractivity contribution in [3.8, 4) is 28.1 Å². The first-order chi connectivity index (χ1) is 17.7. The first-order valence-electron chi connectivity index (χ1n) is 11.7. The van der Waals surface area contributed by atoms with Gasteiger partial charge in [-0.15, -0.1) is 0 Å². The molecule has 1 fully saturated rings. The van der Waals surface area contributed by atoms with Gasteiger partial charge in [-0.2, -0.15) is 18.3 Å². The van der Waals surface area contributed by atoms with Gasteiger partial charge < -0.3 is 9.64 Å². The monoisotopic (exact) mass is 525 g/mol. The molecule has 0 aliphatic carbocycles. The molecular weight excluding hydrogens is 503 g/mol. The molecule has 190 valence electrons. The van der Waals surface area contributed by atoms with Gasteiger partial charge in [-0.3, -0.25) is 4.79 Å². The number of ether oxygens (including phenoxy) is 1. The second kappa shape index (κ2) is 10.0. The van der Waals surface area contributed by atoms with Crippen LogP contribution in [0.1, 0.15) is 21.6 Å². The molecule has 1 aliphatic rings. The molecule has 0 saturated carbocycles. The van der Waals surface area contributed by atoms with Gasteiger partial charge in [-0.25, -0.2) is 4.68 Å². The number of nitrogens with zero attached hydrogens (tertiary/aromatic N) is 3. The summed E-state index contributed by atoms with van der Waals surface area (Å²) in [6, 6.07) is 20.4. The van der Waals surface area contributed by atoms with E-state index in [0.717, 1.165) is 17.2 Å². The van der Waals surface area contributed by atoms with Crippen LogP contribution in [0.3, 0.4) is 0 Å². The van der Waals surface area contributed by atoms with E-state index in [-0.39, 0.29) is 16.6 Å². The zero-order valence-corrected chi connectivity index (χ0v) is 20.7. The number of alkyl halides is 3. The number of para-hydroxylation sites is 1. The minimum Gasteiger partial charge on any atom is -0.378 e. The minimum atomic E-state index is -4.66. The van der Waals surface area contributed by atoms with Gasteiger partial charge in [0.25, 0.3) is 5.91 Å². The summed E-state index contributed by atoms with van der Waals surface area (Å²) in [5.41, 5.74) is 2.80. The lowest BCUT2D eigenvalue weighted by molar-refractivity contribution is -0.141. The van der Waals surface area contributed by atoms with Gasteiger partial charge in [0.2, 0.25) is 0 Å². The van der Waals surface area contributed by atoms with Gasteiger partial charge in [-0.1, -0.05) is 65.7 Å². The molecule has 1 amide bonds. The zero-order chi connectivity index (χ0) is 26.2. The van der Waals surface area contributed by atoms with Crippen LogP contribution in [0.4, 0.5) is 13.2 Å². The van der Waals surface area contributed by atoms with Gasteiger partial charge in [0.05, 0.1) is 29.6 Å². The number of amides is 1. The largest absolute Gasteiger partial charge is 0.435 e. The van der Waals surface area contributed by atoms with E-state index < -0.39 is 11.9 Å². The van der Waals surface area contributed by atoms with Crippen LogP contribution < -0.4 is 0 Å². The maximum atomic E-state index is 13.7. The fourth-order valence-corrected chi connectivity index (χ4v) is 4.63. The molecule has 9 heteroatoms. The number of carbonyl (C=O) groups excluding carboxylic acids is 1. The highest BCUT2D eigenvalue weighted by atomic mass is 35.5. The maximum Gasteiger partial charge on any atom is 0.435 e. The second-order valence-corrected chi connectivity index (χ2v) is 9.22. The molecule has 2 heterocycles. The molecule has 37 heavy (non-hydrogen) atoms. The highest BCUT2D eigenvalue weighted by Gasteiger charge is 2.35. The van der Waals surface area contributed by atoms with Crippen molar-refractivity contribution in [1.29, 1.82) is 0 Å². The number of halogens is 4.